The van der Waals surface area contributed by atoms with Gasteiger partial charge in [-0.2, -0.15) is 0 Å². The van der Waals surface area contributed by atoms with Crippen molar-refractivity contribution in [3.05, 3.63) is 0 Å². The van der Waals surface area contributed by atoms with Gasteiger partial charge in [0.05, 0.1) is 5.92 Å². The summed E-state index contributed by atoms with van der Waals surface area (Å²) in [5.74, 6) is -1.83. The van der Waals surface area contributed by atoms with Crippen LogP contribution in [0.25, 0.3) is 0 Å². The average Bonchev–Trinajstić information content (AvgIpc) is 2.59. The summed E-state index contributed by atoms with van der Waals surface area (Å²) < 4.78 is 0. The molecule has 1 unspecified atom stereocenters. The van der Waals surface area contributed by atoms with E-state index in [-0.39, 0.29) is 6.42 Å². The van der Waals surface area contributed by atoms with E-state index < -0.39 is 29.4 Å². The van der Waals surface area contributed by atoms with Crippen LogP contribution in [0.1, 0.15) is 19.3 Å². The molecule has 2 atom stereocenters. The lowest BCUT2D eigenvalue weighted by Crippen LogP contribution is -2.44. The molecule has 3 N–H and O–H groups in total. The van der Waals surface area contributed by atoms with Gasteiger partial charge in [-0.25, -0.2) is 4.79 Å². The van der Waals surface area contributed by atoms with E-state index >= 15 is 0 Å². The van der Waals surface area contributed by atoms with Crippen LogP contribution in [0.4, 0.5) is 4.79 Å². The maximum Gasteiger partial charge on any atom is 0.322 e. The zero-order valence-corrected chi connectivity index (χ0v) is 7.37. The largest absolute Gasteiger partial charge is 0.481 e. The lowest BCUT2D eigenvalue weighted by molar-refractivity contribution is -0.141. The van der Waals surface area contributed by atoms with E-state index in [0.29, 0.717) is 12.8 Å². The van der Waals surface area contributed by atoms with Crippen LogP contribution in [0.15, 0.2) is 0 Å². The molecule has 2 fully saturated rings. The third-order valence-electron chi connectivity index (χ3n) is 2.88. The van der Waals surface area contributed by atoms with Gasteiger partial charge < -0.3 is 10.4 Å². The molecule has 1 heterocycles. The van der Waals surface area contributed by atoms with Crippen molar-refractivity contribution in [1.29, 1.82) is 0 Å². The molecule has 3 amide bonds. The van der Waals surface area contributed by atoms with Crippen LogP contribution in [-0.2, 0) is 9.59 Å². The van der Waals surface area contributed by atoms with Gasteiger partial charge >= 0.3 is 12.0 Å². The molecule has 0 aromatic carbocycles. The van der Waals surface area contributed by atoms with Gasteiger partial charge in [0.15, 0.2) is 0 Å². The zero-order chi connectivity index (χ0) is 10.3. The number of carboxylic acid groups (broad SMARTS) is 1. The monoisotopic (exact) mass is 198 g/mol. The van der Waals surface area contributed by atoms with Gasteiger partial charge in [-0.1, -0.05) is 0 Å². The number of imide groups is 1. The van der Waals surface area contributed by atoms with Crippen molar-refractivity contribution in [2.24, 2.45) is 5.92 Å². The molecular weight excluding hydrogens is 188 g/mol. The minimum absolute atomic E-state index is 0.194. The molecular formula is C8H10N2O4. The van der Waals surface area contributed by atoms with Gasteiger partial charge in [0.1, 0.15) is 5.54 Å². The number of rotatable bonds is 1. The van der Waals surface area contributed by atoms with Crippen LogP contribution in [-0.4, -0.2) is 28.6 Å². The molecule has 1 saturated carbocycles. The quantitative estimate of drug-likeness (QED) is 0.492. The van der Waals surface area contributed by atoms with E-state index in [4.69, 9.17) is 5.11 Å². The number of nitrogens with one attached hydrogen (secondary N) is 2. The van der Waals surface area contributed by atoms with Gasteiger partial charge in [0.2, 0.25) is 0 Å². The highest BCUT2D eigenvalue weighted by atomic mass is 16.4. The summed E-state index contributed by atoms with van der Waals surface area (Å²) in [5.41, 5.74) is -0.958. The van der Waals surface area contributed by atoms with Crippen molar-refractivity contribution in [3.63, 3.8) is 0 Å². The Balaban J connectivity index is 2.17. The van der Waals surface area contributed by atoms with Crippen molar-refractivity contribution in [1.82, 2.24) is 10.6 Å². The summed E-state index contributed by atoms with van der Waals surface area (Å²) in [6, 6.07) is -0.527. The van der Waals surface area contributed by atoms with Crippen molar-refractivity contribution >= 4 is 17.9 Å². The Morgan fingerprint density at radius 2 is 2.21 bits per heavy atom. The first kappa shape index (κ1) is 8.98. The van der Waals surface area contributed by atoms with Gasteiger partial charge in [-0.15, -0.1) is 0 Å². The van der Waals surface area contributed by atoms with Crippen molar-refractivity contribution in [2.45, 2.75) is 24.8 Å². The Kier molecular flexibility index (Phi) is 1.73. The number of carbonyl (C=O) groups excluding carboxylic acids is 2. The topological polar surface area (TPSA) is 95.5 Å². The van der Waals surface area contributed by atoms with Crippen LogP contribution in [0.2, 0.25) is 0 Å². The van der Waals surface area contributed by atoms with E-state index in [9.17, 15) is 14.4 Å². The van der Waals surface area contributed by atoms with Crippen molar-refractivity contribution in [3.8, 4) is 0 Å². The molecule has 76 valence electrons. The number of hydrogen-bond donors (Lipinski definition) is 3. The van der Waals surface area contributed by atoms with Gasteiger partial charge in [-0.3, -0.25) is 14.9 Å². The molecule has 1 spiro atoms. The summed E-state index contributed by atoms with van der Waals surface area (Å²) in [4.78, 5) is 33.0. The minimum atomic E-state index is -0.958. The summed E-state index contributed by atoms with van der Waals surface area (Å²) in [5, 5.41) is 13.4. The van der Waals surface area contributed by atoms with Crippen LogP contribution < -0.4 is 10.6 Å². The number of aliphatic carboxylic acids is 1. The second-order valence-corrected chi connectivity index (χ2v) is 3.77. The first-order valence-electron chi connectivity index (χ1n) is 4.40. The summed E-state index contributed by atoms with van der Waals surface area (Å²) >= 11 is 0. The molecule has 6 heteroatoms. The maximum atomic E-state index is 11.4. The second kappa shape index (κ2) is 2.70. The first-order chi connectivity index (χ1) is 6.53. The van der Waals surface area contributed by atoms with Crippen LogP contribution >= 0.6 is 0 Å². The number of amides is 3. The molecule has 0 bridgehead atoms. The standard InChI is InChI=1S/C8H10N2O4/c11-5(12)4-1-2-8(3-4)6(13)9-7(14)10-8/h4H,1-3H2,(H,11,12)(H2,9,10,13,14)/t4-,8?/m0/s1. The Hall–Kier alpha value is -1.59. The molecule has 0 radical (unpaired) electrons. The SMILES string of the molecule is O=C1NC(=O)C2(CC[C@H](C(=O)O)C2)N1. The molecule has 2 aliphatic rings. The van der Waals surface area contributed by atoms with Crippen LogP contribution in [0.5, 0.6) is 0 Å². The number of hydrogen-bond acceptors (Lipinski definition) is 3. The summed E-state index contributed by atoms with van der Waals surface area (Å²) in [7, 11) is 0. The highest BCUT2D eigenvalue weighted by Gasteiger charge is 2.52. The zero-order valence-electron chi connectivity index (χ0n) is 7.37. The first-order valence-corrected chi connectivity index (χ1v) is 4.40. The third kappa shape index (κ3) is 1.14. The number of carbonyl (C=O) groups is 3. The molecule has 1 aliphatic carbocycles. The van der Waals surface area contributed by atoms with Gasteiger partial charge in [0, 0.05) is 0 Å². The second-order valence-electron chi connectivity index (χ2n) is 3.77. The minimum Gasteiger partial charge on any atom is -0.481 e. The average molecular weight is 198 g/mol. The molecule has 14 heavy (non-hydrogen) atoms. The van der Waals surface area contributed by atoms with Gasteiger partial charge in [0.25, 0.3) is 5.91 Å². The van der Waals surface area contributed by atoms with Crippen molar-refractivity contribution < 1.29 is 19.5 Å². The molecule has 0 aromatic rings. The number of urea groups is 1. The summed E-state index contributed by atoms with van der Waals surface area (Å²) in [6.07, 6.45) is 1.03. The molecule has 1 saturated heterocycles. The fourth-order valence-electron chi connectivity index (χ4n) is 2.10. The Bertz CT molecular complexity index is 327. The molecule has 0 aromatic heterocycles. The van der Waals surface area contributed by atoms with E-state index in [2.05, 4.69) is 10.6 Å². The predicted molar refractivity (Wildman–Crippen MR) is 44.4 cm³/mol. The van der Waals surface area contributed by atoms with E-state index in [0.717, 1.165) is 0 Å². The van der Waals surface area contributed by atoms with E-state index in [1.54, 1.807) is 0 Å². The molecule has 1 aliphatic heterocycles. The molecule has 6 nitrogen and oxygen atoms in total. The predicted octanol–water partition coefficient (Wildman–Crippen LogP) is -0.551. The van der Waals surface area contributed by atoms with E-state index in [1.807, 2.05) is 0 Å². The smallest absolute Gasteiger partial charge is 0.322 e. The highest BCUT2D eigenvalue weighted by molar-refractivity contribution is 6.07. The normalized spacial score (nSPS) is 35.9. The Morgan fingerprint density at radius 1 is 1.50 bits per heavy atom. The lowest BCUT2D eigenvalue weighted by Gasteiger charge is -2.18. The highest BCUT2D eigenvalue weighted by Crippen LogP contribution is 2.36. The Labute approximate surface area is 79.7 Å². The van der Waals surface area contributed by atoms with Crippen LogP contribution in [0.3, 0.4) is 0 Å². The fourth-order valence-corrected chi connectivity index (χ4v) is 2.10. The van der Waals surface area contributed by atoms with Gasteiger partial charge in [-0.05, 0) is 19.3 Å². The number of carboxylic acids is 1. The van der Waals surface area contributed by atoms with Crippen LogP contribution in [0, 0.1) is 5.92 Å². The fraction of sp³-hybridized carbons (Fsp3) is 0.625. The van der Waals surface area contributed by atoms with E-state index in [1.165, 1.54) is 0 Å². The van der Waals surface area contributed by atoms with Crippen molar-refractivity contribution in [2.75, 3.05) is 0 Å². The Morgan fingerprint density at radius 3 is 2.64 bits per heavy atom. The third-order valence-corrected chi connectivity index (χ3v) is 2.88. The lowest BCUT2D eigenvalue weighted by atomic mass is 9.96. The maximum absolute atomic E-state index is 11.4. The molecule has 2 rings (SSSR count). The summed E-state index contributed by atoms with van der Waals surface area (Å²) in [6.45, 7) is 0.